The first kappa shape index (κ1) is 24.3. The van der Waals surface area contributed by atoms with Crippen LogP contribution >= 0.6 is 22.9 Å². The quantitative estimate of drug-likeness (QED) is 0.267. The van der Waals surface area contributed by atoms with Crippen LogP contribution in [0.1, 0.15) is 30.9 Å². The molecule has 2 aromatic heterocycles. The third kappa shape index (κ3) is 4.36. The van der Waals surface area contributed by atoms with E-state index >= 15 is 0 Å². The molecule has 38 heavy (non-hydrogen) atoms. The zero-order valence-corrected chi connectivity index (χ0v) is 22.1. The fourth-order valence-electron chi connectivity index (χ4n) is 4.47. The highest BCUT2D eigenvalue weighted by Gasteiger charge is 2.34. The summed E-state index contributed by atoms with van der Waals surface area (Å²) in [5.74, 6) is 1.02. The summed E-state index contributed by atoms with van der Waals surface area (Å²) in [5, 5.41) is 5.10. The molecule has 0 saturated carbocycles. The lowest BCUT2D eigenvalue weighted by atomic mass is 10.1. The van der Waals surface area contributed by atoms with Crippen molar-refractivity contribution in [3.8, 4) is 17.1 Å². The highest BCUT2D eigenvalue weighted by atomic mass is 35.5. The van der Waals surface area contributed by atoms with Crippen molar-refractivity contribution >= 4 is 45.1 Å². The van der Waals surface area contributed by atoms with Crippen LogP contribution in [0.25, 0.3) is 21.9 Å². The number of thiazole rings is 1. The van der Waals surface area contributed by atoms with Gasteiger partial charge in [-0.2, -0.15) is 9.50 Å². The van der Waals surface area contributed by atoms with Crippen molar-refractivity contribution in [3.05, 3.63) is 104 Å². The zero-order chi connectivity index (χ0) is 26.2. The molecular weight excluding hydrogens is 520 g/mol. The van der Waals surface area contributed by atoms with E-state index in [1.165, 1.54) is 15.9 Å². The summed E-state index contributed by atoms with van der Waals surface area (Å²) >= 11 is 7.21. The van der Waals surface area contributed by atoms with E-state index in [0.29, 0.717) is 39.1 Å². The van der Waals surface area contributed by atoms with Crippen LogP contribution in [-0.4, -0.2) is 27.1 Å². The maximum Gasteiger partial charge on any atom is 0.291 e. The number of carbonyl (C=O) groups excluding carboxylic acids is 1. The van der Waals surface area contributed by atoms with Gasteiger partial charge < -0.3 is 9.64 Å². The highest BCUT2D eigenvalue weighted by Crippen LogP contribution is 2.36. The van der Waals surface area contributed by atoms with Gasteiger partial charge >= 0.3 is 0 Å². The van der Waals surface area contributed by atoms with Gasteiger partial charge in [-0.05, 0) is 54.4 Å². The summed E-state index contributed by atoms with van der Waals surface area (Å²) in [7, 11) is 0. The van der Waals surface area contributed by atoms with Crippen molar-refractivity contribution in [2.75, 3.05) is 11.5 Å². The smallest absolute Gasteiger partial charge is 0.291 e. The Bertz CT molecular complexity index is 1760. The molecule has 0 radical (unpaired) electrons. The Morgan fingerprint density at radius 2 is 1.74 bits per heavy atom. The molecule has 5 aromatic rings. The lowest BCUT2D eigenvalue weighted by molar-refractivity contribution is -0.113. The maximum atomic E-state index is 13.7. The predicted molar refractivity (Wildman–Crippen MR) is 150 cm³/mol. The van der Waals surface area contributed by atoms with Gasteiger partial charge in [0.05, 0.1) is 24.4 Å². The van der Waals surface area contributed by atoms with Crippen LogP contribution in [0.3, 0.4) is 0 Å². The fourth-order valence-corrected chi connectivity index (χ4v) is 5.59. The van der Waals surface area contributed by atoms with Gasteiger partial charge in [0.2, 0.25) is 4.96 Å². The van der Waals surface area contributed by atoms with Crippen LogP contribution in [0.2, 0.25) is 5.02 Å². The number of halogens is 1. The van der Waals surface area contributed by atoms with Gasteiger partial charge in [-0.15, -0.1) is 5.10 Å². The minimum atomic E-state index is -0.352. The summed E-state index contributed by atoms with van der Waals surface area (Å²) < 4.78 is 7.34. The number of anilines is 1. The van der Waals surface area contributed by atoms with Crippen molar-refractivity contribution in [1.82, 2.24) is 14.6 Å². The van der Waals surface area contributed by atoms with Crippen molar-refractivity contribution in [2.24, 2.45) is 0 Å². The number of benzene rings is 3. The molecule has 0 aliphatic carbocycles. The Balaban J connectivity index is 1.36. The van der Waals surface area contributed by atoms with Crippen LogP contribution in [0.15, 0.2) is 77.6 Å². The molecule has 0 bridgehead atoms. The second-order valence-corrected chi connectivity index (χ2v) is 10.4. The van der Waals surface area contributed by atoms with E-state index in [2.05, 4.69) is 17.0 Å². The summed E-state index contributed by atoms with van der Waals surface area (Å²) in [6.07, 6.45) is 2.07. The van der Waals surface area contributed by atoms with E-state index < -0.39 is 0 Å². The second kappa shape index (κ2) is 10.0. The topological polar surface area (TPSA) is 76.8 Å². The van der Waals surface area contributed by atoms with Crippen LogP contribution in [0.5, 0.6) is 5.75 Å². The second-order valence-electron chi connectivity index (χ2n) is 9.00. The standard InChI is InChI=1S/C29H23ClN4O3S/c1-2-3-16-37-21-14-10-19(11-15-21)26-31-29-34(32-26)28(36)25(38-29)24-22-6-4-5-7-23(22)33(27(24)35)17-18-8-12-20(30)13-9-18/h4-15H,2-3,16-17H2,1H3. The molecule has 0 atom stereocenters. The molecule has 9 heteroatoms. The highest BCUT2D eigenvalue weighted by molar-refractivity contribution is 7.15. The monoisotopic (exact) mass is 542 g/mol. The van der Waals surface area contributed by atoms with E-state index in [1.54, 1.807) is 17.0 Å². The predicted octanol–water partition coefficient (Wildman–Crippen LogP) is 5.12. The van der Waals surface area contributed by atoms with Crippen LogP contribution in [0, 0.1) is 0 Å². The molecule has 6 rings (SSSR count). The number of hydrogen-bond donors (Lipinski definition) is 0. The summed E-state index contributed by atoms with van der Waals surface area (Å²) in [5.41, 5.74) is 3.25. The molecule has 3 aromatic carbocycles. The average Bonchev–Trinajstić information content (AvgIpc) is 3.57. The number of para-hydroxylation sites is 1. The third-order valence-corrected chi connectivity index (χ3v) is 7.72. The van der Waals surface area contributed by atoms with E-state index in [-0.39, 0.29) is 11.5 Å². The summed E-state index contributed by atoms with van der Waals surface area (Å²) in [4.78, 5) is 33.9. The number of carbonyl (C=O) groups is 1. The van der Waals surface area contributed by atoms with Gasteiger partial charge in [0.1, 0.15) is 10.3 Å². The van der Waals surface area contributed by atoms with Crippen molar-refractivity contribution < 1.29 is 9.53 Å². The fraction of sp³-hybridized carbons (Fsp3) is 0.172. The molecule has 1 aliphatic rings. The molecule has 7 nitrogen and oxygen atoms in total. The van der Waals surface area contributed by atoms with Crippen molar-refractivity contribution in [1.29, 1.82) is 0 Å². The Hall–Kier alpha value is -4.01. The number of rotatable bonds is 7. The molecule has 0 fully saturated rings. The Kier molecular flexibility index (Phi) is 6.43. The molecular formula is C29H23ClN4O3S. The van der Waals surface area contributed by atoms with Gasteiger partial charge in [0.25, 0.3) is 11.5 Å². The van der Waals surface area contributed by atoms with Gasteiger partial charge in [-0.1, -0.05) is 66.6 Å². The first-order valence-electron chi connectivity index (χ1n) is 12.4. The number of nitrogens with zero attached hydrogens (tertiary/aromatic N) is 4. The first-order valence-corrected chi connectivity index (χ1v) is 13.6. The lowest BCUT2D eigenvalue weighted by Crippen LogP contribution is -2.32. The zero-order valence-electron chi connectivity index (χ0n) is 20.6. The molecule has 0 spiro atoms. The molecule has 0 N–H and O–H groups in total. The Morgan fingerprint density at radius 3 is 2.47 bits per heavy atom. The SMILES string of the molecule is CCCCOc1ccc(-c2nc3sc(=C4C(=O)N(Cc5ccc(Cl)cc5)c5ccccc54)c(=O)n3n2)cc1. The van der Waals surface area contributed by atoms with Gasteiger partial charge in [-0.25, -0.2) is 0 Å². The maximum absolute atomic E-state index is 13.7. The minimum Gasteiger partial charge on any atom is -0.494 e. The lowest BCUT2D eigenvalue weighted by Gasteiger charge is -2.17. The van der Waals surface area contributed by atoms with E-state index in [9.17, 15) is 9.59 Å². The van der Waals surface area contributed by atoms with Crippen molar-refractivity contribution in [3.63, 3.8) is 0 Å². The molecule has 0 saturated heterocycles. The Labute approximate surface area is 227 Å². The van der Waals surface area contributed by atoms with E-state index in [1.807, 2.05) is 60.7 Å². The number of aromatic nitrogens is 3. The number of amides is 1. The number of unbranched alkanes of at least 4 members (excludes halogenated alkanes) is 1. The van der Waals surface area contributed by atoms with Crippen molar-refractivity contribution in [2.45, 2.75) is 26.3 Å². The normalized spacial score (nSPS) is 14.4. The molecule has 1 amide bonds. The van der Waals surface area contributed by atoms with E-state index in [4.69, 9.17) is 16.3 Å². The molecule has 3 heterocycles. The summed E-state index contributed by atoms with van der Waals surface area (Å²) in [6.45, 7) is 3.16. The summed E-state index contributed by atoms with van der Waals surface area (Å²) in [6, 6.07) is 22.4. The van der Waals surface area contributed by atoms with Crippen LogP contribution < -0.4 is 19.7 Å². The largest absolute Gasteiger partial charge is 0.494 e. The first-order chi connectivity index (χ1) is 18.5. The molecule has 190 valence electrons. The number of hydrogen-bond acceptors (Lipinski definition) is 6. The average molecular weight is 543 g/mol. The number of fused-ring (bicyclic) bond motifs is 2. The third-order valence-electron chi connectivity index (χ3n) is 6.44. The molecule has 0 unspecified atom stereocenters. The van der Waals surface area contributed by atoms with E-state index in [0.717, 1.165) is 41.0 Å². The van der Waals surface area contributed by atoms with Crippen LogP contribution in [0.4, 0.5) is 5.69 Å². The van der Waals surface area contributed by atoms with Gasteiger partial charge in [0, 0.05) is 16.1 Å². The van der Waals surface area contributed by atoms with Gasteiger partial charge in [0.15, 0.2) is 5.82 Å². The number of ether oxygens (including phenoxy) is 1. The molecule has 1 aliphatic heterocycles. The van der Waals surface area contributed by atoms with Gasteiger partial charge in [-0.3, -0.25) is 9.59 Å². The minimum absolute atomic E-state index is 0.221. The Morgan fingerprint density at radius 1 is 0.974 bits per heavy atom. The van der Waals surface area contributed by atoms with Crippen LogP contribution in [-0.2, 0) is 11.3 Å².